The largest absolute Gasteiger partial charge is 0.492 e. The Bertz CT molecular complexity index is 628. The van der Waals surface area contributed by atoms with Crippen LogP contribution in [0.2, 0.25) is 0 Å². The van der Waals surface area contributed by atoms with Crippen molar-refractivity contribution in [2.45, 2.75) is 18.9 Å². The van der Waals surface area contributed by atoms with Gasteiger partial charge in [-0.15, -0.1) is 0 Å². The third-order valence-corrected chi connectivity index (χ3v) is 4.20. The van der Waals surface area contributed by atoms with Crippen molar-refractivity contribution in [2.24, 2.45) is 0 Å². The number of urea groups is 1. The van der Waals surface area contributed by atoms with Crippen molar-refractivity contribution in [2.75, 3.05) is 26.8 Å². The first kappa shape index (κ1) is 18.8. The van der Waals surface area contributed by atoms with Crippen LogP contribution < -0.4 is 15.4 Å². The SMILES string of the molecule is CCC(CNC(=O)NCCOc1ccccc1)(OC)c1ccccc1. The van der Waals surface area contributed by atoms with E-state index in [-0.39, 0.29) is 6.03 Å². The molecule has 0 fully saturated rings. The number of carbonyl (C=O) groups is 1. The molecule has 1 unspecified atom stereocenters. The maximum absolute atomic E-state index is 12.0. The van der Waals surface area contributed by atoms with Crippen LogP contribution in [0.25, 0.3) is 0 Å². The summed E-state index contributed by atoms with van der Waals surface area (Å²) in [6, 6.07) is 19.2. The standard InChI is InChI=1S/C20H26N2O3/c1-3-20(24-2,17-10-6-4-7-11-17)16-22-19(23)21-14-15-25-18-12-8-5-9-13-18/h4-13H,3,14-16H2,1-2H3,(H2,21,22,23). The summed E-state index contributed by atoms with van der Waals surface area (Å²) in [6.45, 7) is 3.29. The molecule has 5 heteroatoms. The maximum Gasteiger partial charge on any atom is 0.315 e. The molecule has 134 valence electrons. The molecule has 2 N–H and O–H groups in total. The number of ether oxygens (including phenoxy) is 2. The van der Waals surface area contributed by atoms with Crippen LogP contribution >= 0.6 is 0 Å². The highest BCUT2D eigenvalue weighted by Gasteiger charge is 2.30. The van der Waals surface area contributed by atoms with E-state index in [4.69, 9.17) is 9.47 Å². The van der Waals surface area contributed by atoms with E-state index in [2.05, 4.69) is 10.6 Å². The van der Waals surface area contributed by atoms with Gasteiger partial charge in [-0.3, -0.25) is 0 Å². The minimum absolute atomic E-state index is 0.234. The molecular formula is C20H26N2O3. The number of amides is 2. The van der Waals surface area contributed by atoms with E-state index in [9.17, 15) is 4.79 Å². The second-order valence-electron chi connectivity index (χ2n) is 5.69. The monoisotopic (exact) mass is 342 g/mol. The highest BCUT2D eigenvalue weighted by Crippen LogP contribution is 2.27. The van der Waals surface area contributed by atoms with Gasteiger partial charge in [0.15, 0.2) is 0 Å². The lowest BCUT2D eigenvalue weighted by Crippen LogP contribution is -2.46. The van der Waals surface area contributed by atoms with Crippen molar-refractivity contribution >= 4 is 6.03 Å². The highest BCUT2D eigenvalue weighted by molar-refractivity contribution is 5.73. The summed E-state index contributed by atoms with van der Waals surface area (Å²) in [5, 5.41) is 5.69. The number of methoxy groups -OCH3 is 1. The molecule has 0 aliphatic rings. The average Bonchev–Trinajstić information content (AvgIpc) is 2.68. The Morgan fingerprint density at radius 2 is 1.64 bits per heavy atom. The number of nitrogens with one attached hydrogen (secondary N) is 2. The Hall–Kier alpha value is -2.53. The van der Waals surface area contributed by atoms with E-state index in [0.717, 1.165) is 17.7 Å². The Morgan fingerprint density at radius 1 is 1.00 bits per heavy atom. The van der Waals surface area contributed by atoms with Crippen LogP contribution in [0.5, 0.6) is 5.75 Å². The molecule has 1 atom stereocenters. The Morgan fingerprint density at radius 3 is 2.24 bits per heavy atom. The normalized spacial score (nSPS) is 12.9. The van der Waals surface area contributed by atoms with Crippen LogP contribution in [0.4, 0.5) is 4.79 Å². The van der Waals surface area contributed by atoms with Crippen LogP contribution in [-0.4, -0.2) is 32.8 Å². The molecule has 2 rings (SSSR count). The molecule has 0 bridgehead atoms. The van der Waals surface area contributed by atoms with Crippen molar-refractivity contribution in [1.29, 1.82) is 0 Å². The average molecular weight is 342 g/mol. The zero-order chi connectivity index (χ0) is 18.0. The Balaban J connectivity index is 1.77. The van der Waals surface area contributed by atoms with Crippen molar-refractivity contribution < 1.29 is 14.3 Å². The second-order valence-corrected chi connectivity index (χ2v) is 5.69. The molecule has 0 spiro atoms. The van der Waals surface area contributed by atoms with Gasteiger partial charge in [-0.2, -0.15) is 0 Å². The third kappa shape index (κ3) is 5.50. The molecule has 2 aromatic carbocycles. The summed E-state index contributed by atoms with van der Waals surface area (Å²) in [5.74, 6) is 0.790. The molecule has 0 aliphatic carbocycles. The highest BCUT2D eigenvalue weighted by atomic mass is 16.5. The maximum atomic E-state index is 12.0. The summed E-state index contributed by atoms with van der Waals surface area (Å²) in [4.78, 5) is 12.0. The van der Waals surface area contributed by atoms with Crippen molar-refractivity contribution in [3.63, 3.8) is 0 Å². The number of hydrogen-bond donors (Lipinski definition) is 2. The molecule has 2 aromatic rings. The van der Waals surface area contributed by atoms with E-state index in [0.29, 0.717) is 19.7 Å². The zero-order valence-electron chi connectivity index (χ0n) is 14.8. The lowest BCUT2D eigenvalue weighted by atomic mass is 9.91. The fraction of sp³-hybridized carbons (Fsp3) is 0.350. The molecule has 25 heavy (non-hydrogen) atoms. The number of rotatable bonds is 9. The summed E-state index contributed by atoms with van der Waals surface area (Å²) < 4.78 is 11.3. The fourth-order valence-electron chi connectivity index (χ4n) is 2.64. The van der Waals surface area contributed by atoms with Crippen molar-refractivity contribution in [3.05, 3.63) is 66.2 Å². The summed E-state index contributed by atoms with van der Waals surface area (Å²) in [5.41, 5.74) is 0.520. The van der Waals surface area contributed by atoms with Gasteiger partial charge in [0, 0.05) is 7.11 Å². The summed E-state index contributed by atoms with van der Waals surface area (Å²) >= 11 is 0. The first-order valence-corrected chi connectivity index (χ1v) is 8.50. The predicted octanol–water partition coefficient (Wildman–Crippen LogP) is 3.32. The quantitative estimate of drug-likeness (QED) is 0.687. The minimum Gasteiger partial charge on any atom is -0.492 e. The third-order valence-electron chi connectivity index (χ3n) is 4.20. The van der Waals surface area contributed by atoms with Crippen LogP contribution in [-0.2, 0) is 10.3 Å². The number of benzene rings is 2. The smallest absolute Gasteiger partial charge is 0.315 e. The summed E-state index contributed by atoms with van der Waals surface area (Å²) in [7, 11) is 1.67. The minimum atomic E-state index is -0.529. The van der Waals surface area contributed by atoms with Crippen molar-refractivity contribution in [3.8, 4) is 5.75 Å². The predicted molar refractivity (Wildman–Crippen MR) is 98.8 cm³/mol. The molecule has 5 nitrogen and oxygen atoms in total. The van der Waals surface area contributed by atoms with Gasteiger partial charge in [-0.25, -0.2) is 4.79 Å². The molecule has 0 aromatic heterocycles. The molecule has 0 radical (unpaired) electrons. The van der Waals surface area contributed by atoms with Crippen molar-refractivity contribution in [1.82, 2.24) is 10.6 Å². The van der Waals surface area contributed by atoms with Gasteiger partial charge in [-0.05, 0) is 24.1 Å². The van der Waals surface area contributed by atoms with E-state index in [1.807, 2.05) is 67.6 Å². The molecule has 0 saturated heterocycles. The number of hydrogen-bond acceptors (Lipinski definition) is 3. The molecular weight excluding hydrogens is 316 g/mol. The van der Waals surface area contributed by atoms with Crippen LogP contribution in [0.1, 0.15) is 18.9 Å². The summed E-state index contributed by atoms with van der Waals surface area (Å²) in [6.07, 6.45) is 0.755. The number of para-hydroxylation sites is 1. The molecule has 0 saturated carbocycles. The van der Waals surface area contributed by atoms with E-state index in [1.165, 1.54) is 0 Å². The first-order chi connectivity index (χ1) is 12.2. The van der Waals surface area contributed by atoms with E-state index < -0.39 is 5.60 Å². The van der Waals surface area contributed by atoms with E-state index >= 15 is 0 Å². The van der Waals surface area contributed by atoms with Gasteiger partial charge in [0.25, 0.3) is 0 Å². The second kappa shape index (κ2) is 9.69. The first-order valence-electron chi connectivity index (χ1n) is 8.50. The lowest BCUT2D eigenvalue weighted by molar-refractivity contribution is -0.0152. The molecule has 0 aliphatic heterocycles. The number of carbonyl (C=O) groups excluding carboxylic acids is 1. The van der Waals surface area contributed by atoms with Gasteiger partial charge in [0.05, 0.1) is 13.1 Å². The van der Waals surface area contributed by atoms with E-state index in [1.54, 1.807) is 7.11 Å². The van der Waals surface area contributed by atoms with Crippen LogP contribution in [0.3, 0.4) is 0 Å². The zero-order valence-corrected chi connectivity index (χ0v) is 14.8. The van der Waals surface area contributed by atoms with Gasteiger partial charge < -0.3 is 20.1 Å². The Labute approximate surface area is 149 Å². The van der Waals surface area contributed by atoms with Gasteiger partial charge in [0.1, 0.15) is 18.0 Å². The molecule has 2 amide bonds. The fourth-order valence-corrected chi connectivity index (χ4v) is 2.64. The van der Waals surface area contributed by atoms with Gasteiger partial charge in [-0.1, -0.05) is 55.5 Å². The van der Waals surface area contributed by atoms with Gasteiger partial charge in [0.2, 0.25) is 0 Å². The van der Waals surface area contributed by atoms with Gasteiger partial charge >= 0.3 is 6.03 Å². The van der Waals surface area contributed by atoms with Crippen LogP contribution in [0, 0.1) is 0 Å². The Kier molecular flexibility index (Phi) is 7.29. The lowest BCUT2D eigenvalue weighted by Gasteiger charge is -2.32. The molecule has 0 heterocycles. The topological polar surface area (TPSA) is 59.6 Å². The van der Waals surface area contributed by atoms with Crippen LogP contribution in [0.15, 0.2) is 60.7 Å².